The van der Waals surface area contributed by atoms with Crippen LogP contribution in [0.1, 0.15) is 15.9 Å². The van der Waals surface area contributed by atoms with E-state index in [4.69, 9.17) is 11.6 Å². The van der Waals surface area contributed by atoms with Gasteiger partial charge < -0.3 is 10.2 Å². The van der Waals surface area contributed by atoms with Crippen molar-refractivity contribution in [2.24, 2.45) is 0 Å². The molecule has 0 fully saturated rings. The first-order valence-electron chi connectivity index (χ1n) is 6.98. The Morgan fingerprint density at radius 2 is 1.91 bits per heavy atom. The second-order valence-electron chi connectivity index (χ2n) is 5.04. The Bertz CT molecular complexity index is 721. The molecule has 0 bridgehead atoms. The molecule has 0 aliphatic rings. The van der Waals surface area contributed by atoms with E-state index in [-0.39, 0.29) is 18.4 Å². The van der Waals surface area contributed by atoms with Crippen LogP contribution in [0.4, 0.5) is 0 Å². The van der Waals surface area contributed by atoms with Gasteiger partial charge in [-0.3, -0.25) is 9.59 Å². The molecule has 120 valence electrons. The van der Waals surface area contributed by atoms with Gasteiger partial charge in [-0.05, 0) is 52.4 Å². The molecule has 2 aromatic carbocycles. The lowest BCUT2D eigenvalue weighted by atomic mass is 10.2. The molecule has 2 rings (SSSR count). The van der Waals surface area contributed by atoms with Crippen LogP contribution in [0, 0.1) is 3.57 Å². The maximum Gasteiger partial charge on any atom is 0.252 e. The van der Waals surface area contributed by atoms with E-state index in [1.54, 1.807) is 30.1 Å². The van der Waals surface area contributed by atoms with E-state index in [0.29, 0.717) is 17.1 Å². The number of rotatable bonds is 5. The second-order valence-corrected chi connectivity index (χ2v) is 6.64. The van der Waals surface area contributed by atoms with Gasteiger partial charge in [0.05, 0.1) is 12.1 Å². The first-order valence-corrected chi connectivity index (χ1v) is 8.44. The molecule has 0 aliphatic carbocycles. The first-order chi connectivity index (χ1) is 11.0. The molecule has 0 saturated carbocycles. The van der Waals surface area contributed by atoms with E-state index in [9.17, 15) is 9.59 Å². The number of amides is 2. The maximum atomic E-state index is 12.1. The quantitative estimate of drug-likeness (QED) is 0.722. The molecule has 6 heteroatoms. The van der Waals surface area contributed by atoms with E-state index < -0.39 is 0 Å². The molecular formula is C17H16ClIN2O2. The number of halogens is 2. The highest BCUT2D eigenvalue weighted by atomic mass is 127. The van der Waals surface area contributed by atoms with Gasteiger partial charge in [-0.1, -0.05) is 35.9 Å². The minimum atomic E-state index is -0.250. The van der Waals surface area contributed by atoms with Crippen molar-refractivity contribution in [2.75, 3.05) is 13.6 Å². The van der Waals surface area contributed by atoms with Crippen LogP contribution in [0.2, 0.25) is 5.02 Å². The number of hydrogen-bond acceptors (Lipinski definition) is 2. The Hall–Kier alpha value is -1.60. The Kier molecular flexibility index (Phi) is 6.41. The number of likely N-dealkylation sites (N-methyl/N-ethyl adjacent to an activating group) is 1. The summed E-state index contributed by atoms with van der Waals surface area (Å²) < 4.78 is 0.849. The fraction of sp³-hybridized carbons (Fsp3) is 0.176. The minimum Gasteiger partial charge on any atom is -0.343 e. The summed E-state index contributed by atoms with van der Waals surface area (Å²) in [7, 11) is 1.70. The van der Waals surface area contributed by atoms with Gasteiger partial charge in [0.15, 0.2) is 0 Å². The Balaban J connectivity index is 1.89. The van der Waals surface area contributed by atoms with Gasteiger partial charge in [0, 0.05) is 22.2 Å². The standard InChI is InChI=1S/C17H16ClIN2O2/c1-21(11-12-5-4-6-13(18)9-12)16(22)10-20-17(23)14-7-2-3-8-15(14)19/h2-9H,10-11H2,1H3,(H,20,23). The highest BCUT2D eigenvalue weighted by molar-refractivity contribution is 14.1. The van der Waals surface area contributed by atoms with Crippen molar-refractivity contribution < 1.29 is 9.59 Å². The van der Waals surface area contributed by atoms with Crippen molar-refractivity contribution in [3.63, 3.8) is 0 Å². The number of carbonyl (C=O) groups excluding carboxylic acids is 2. The summed E-state index contributed by atoms with van der Waals surface area (Å²) in [5, 5.41) is 3.29. The number of benzene rings is 2. The van der Waals surface area contributed by atoms with Crippen molar-refractivity contribution in [1.82, 2.24) is 10.2 Å². The molecular weight excluding hydrogens is 427 g/mol. The van der Waals surface area contributed by atoms with Crippen molar-refractivity contribution in [3.05, 3.63) is 68.3 Å². The van der Waals surface area contributed by atoms with Crippen LogP contribution in [-0.2, 0) is 11.3 Å². The number of hydrogen-bond donors (Lipinski definition) is 1. The van der Waals surface area contributed by atoms with Crippen LogP contribution in [-0.4, -0.2) is 30.3 Å². The lowest BCUT2D eigenvalue weighted by molar-refractivity contribution is -0.129. The molecule has 0 heterocycles. The fourth-order valence-corrected chi connectivity index (χ4v) is 2.87. The van der Waals surface area contributed by atoms with E-state index in [1.807, 2.05) is 30.3 Å². The zero-order chi connectivity index (χ0) is 16.8. The summed E-state index contributed by atoms with van der Waals surface area (Å²) in [6.07, 6.45) is 0. The monoisotopic (exact) mass is 442 g/mol. The molecule has 0 atom stereocenters. The molecule has 0 aromatic heterocycles. The fourth-order valence-electron chi connectivity index (χ4n) is 2.03. The Morgan fingerprint density at radius 1 is 1.17 bits per heavy atom. The average Bonchev–Trinajstić information content (AvgIpc) is 2.52. The van der Waals surface area contributed by atoms with E-state index in [0.717, 1.165) is 9.13 Å². The summed E-state index contributed by atoms with van der Waals surface area (Å²) in [6, 6.07) is 14.6. The molecule has 0 unspecified atom stereocenters. The molecule has 23 heavy (non-hydrogen) atoms. The summed E-state index contributed by atoms with van der Waals surface area (Å²) >= 11 is 8.03. The normalized spacial score (nSPS) is 10.2. The number of nitrogens with zero attached hydrogens (tertiary/aromatic N) is 1. The zero-order valence-corrected chi connectivity index (χ0v) is 15.5. The third-order valence-corrected chi connectivity index (χ3v) is 4.43. The van der Waals surface area contributed by atoms with Gasteiger partial charge in [0.2, 0.25) is 5.91 Å². The topological polar surface area (TPSA) is 49.4 Å². The highest BCUT2D eigenvalue weighted by Gasteiger charge is 2.13. The SMILES string of the molecule is CN(Cc1cccc(Cl)c1)C(=O)CNC(=O)c1ccccc1I. The predicted molar refractivity (Wildman–Crippen MR) is 99.4 cm³/mol. The lowest BCUT2D eigenvalue weighted by Gasteiger charge is -2.18. The van der Waals surface area contributed by atoms with Gasteiger partial charge in [-0.2, -0.15) is 0 Å². The Labute approximate surface area is 154 Å². The molecule has 0 radical (unpaired) electrons. The van der Waals surface area contributed by atoms with E-state index in [1.165, 1.54) is 0 Å². The van der Waals surface area contributed by atoms with Crippen LogP contribution < -0.4 is 5.32 Å². The molecule has 2 amide bonds. The first kappa shape index (κ1) is 17.7. The molecule has 0 aliphatic heterocycles. The maximum absolute atomic E-state index is 12.1. The molecule has 0 saturated heterocycles. The smallest absolute Gasteiger partial charge is 0.252 e. The third kappa shape index (κ3) is 5.21. The van der Waals surface area contributed by atoms with Crippen LogP contribution in [0.25, 0.3) is 0 Å². The average molecular weight is 443 g/mol. The molecule has 1 N–H and O–H groups in total. The van der Waals surface area contributed by atoms with Gasteiger partial charge >= 0.3 is 0 Å². The lowest BCUT2D eigenvalue weighted by Crippen LogP contribution is -2.38. The highest BCUT2D eigenvalue weighted by Crippen LogP contribution is 2.13. The number of carbonyl (C=O) groups is 2. The van der Waals surface area contributed by atoms with E-state index in [2.05, 4.69) is 27.9 Å². The van der Waals surface area contributed by atoms with Crippen LogP contribution in [0.3, 0.4) is 0 Å². The summed E-state index contributed by atoms with van der Waals surface area (Å²) in [5.74, 6) is -0.413. The second kappa shape index (κ2) is 8.31. The van der Waals surface area contributed by atoms with Crippen molar-refractivity contribution in [1.29, 1.82) is 0 Å². The van der Waals surface area contributed by atoms with Crippen molar-refractivity contribution >= 4 is 46.0 Å². The minimum absolute atomic E-state index is 0.0408. The zero-order valence-electron chi connectivity index (χ0n) is 12.6. The van der Waals surface area contributed by atoms with Gasteiger partial charge in [0.1, 0.15) is 0 Å². The van der Waals surface area contributed by atoms with Crippen LogP contribution in [0.15, 0.2) is 48.5 Å². The summed E-state index contributed by atoms with van der Waals surface area (Å²) in [6.45, 7) is 0.402. The number of nitrogens with one attached hydrogen (secondary N) is 1. The van der Waals surface area contributed by atoms with E-state index >= 15 is 0 Å². The summed E-state index contributed by atoms with van der Waals surface area (Å²) in [5.41, 5.74) is 1.51. The van der Waals surface area contributed by atoms with Crippen LogP contribution >= 0.6 is 34.2 Å². The molecule has 2 aromatic rings. The Morgan fingerprint density at radius 3 is 2.61 bits per heavy atom. The summed E-state index contributed by atoms with van der Waals surface area (Å²) in [4.78, 5) is 25.8. The van der Waals surface area contributed by atoms with Crippen molar-refractivity contribution in [3.8, 4) is 0 Å². The van der Waals surface area contributed by atoms with Crippen LogP contribution in [0.5, 0.6) is 0 Å². The van der Waals surface area contributed by atoms with Crippen molar-refractivity contribution in [2.45, 2.75) is 6.54 Å². The molecule has 0 spiro atoms. The molecule has 4 nitrogen and oxygen atoms in total. The third-order valence-electron chi connectivity index (χ3n) is 3.25. The predicted octanol–water partition coefficient (Wildman–Crippen LogP) is 3.33. The van der Waals surface area contributed by atoms with Gasteiger partial charge in [0.25, 0.3) is 5.91 Å². The van der Waals surface area contributed by atoms with Gasteiger partial charge in [-0.25, -0.2) is 0 Å². The largest absolute Gasteiger partial charge is 0.343 e. The van der Waals surface area contributed by atoms with Gasteiger partial charge in [-0.15, -0.1) is 0 Å².